The van der Waals surface area contributed by atoms with Gasteiger partial charge < -0.3 is 5.73 Å². The molecule has 4 nitrogen and oxygen atoms in total. The molecule has 1 saturated heterocycles. The molecule has 1 heterocycles. The topological polar surface area (TPSA) is 63.4 Å². The molecular formula is C17H24N2O2. The lowest BCUT2D eigenvalue weighted by Crippen LogP contribution is -2.39. The zero-order chi connectivity index (χ0) is 15.8. The number of nitrogens with zero attached hydrogens (tertiary/aromatic N) is 1. The summed E-state index contributed by atoms with van der Waals surface area (Å²) in [6, 6.07) is 7.36. The molecule has 1 aromatic rings. The molecule has 2 atom stereocenters. The smallest absolute Gasteiger partial charge is 0.247 e. The summed E-state index contributed by atoms with van der Waals surface area (Å²) in [6.07, 6.45) is 1.09. The van der Waals surface area contributed by atoms with E-state index in [0.717, 1.165) is 12.0 Å². The van der Waals surface area contributed by atoms with E-state index in [-0.39, 0.29) is 11.8 Å². The number of hydrogen-bond donors (Lipinski definition) is 1. The molecule has 0 aliphatic carbocycles. The summed E-state index contributed by atoms with van der Waals surface area (Å²) in [5.41, 5.74) is 7.28. The number of likely N-dealkylation sites (tertiary alicyclic amines) is 1. The van der Waals surface area contributed by atoms with Gasteiger partial charge in [-0.3, -0.25) is 14.5 Å². The Hall–Kier alpha value is -1.68. The van der Waals surface area contributed by atoms with E-state index in [1.165, 1.54) is 10.5 Å². The predicted octanol–water partition coefficient (Wildman–Crippen LogP) is 2.42. The first-order valence-electron chi connectivity index (χ1n) is 7.49. The van der Waals surface area contributed by atoms with Gasteiger partial charge in [-0.15, -0.1) is 0 Å². The van der Waals surface area contributed by atoms with E-state index < -0.39 is 11.5 Å². The number of carbonyl (C=O) groups is 2. The number of amides is 2. The van der Waals surface area contributed by atoms with Crippen LogP contribution in [0.5, 0.6) is 0 Å². The quantitative estimate of drug-likeness (QED) is 0.865. The van der Waals surface area contributed by atoms with Gasteiger partial charge in [-0.2, -0.15) is 0 Å². The first-order chi connectivity index (χ1) is 9.78. The van der Waals surface area contributed by atoms with Crippen LogP contribution in [0.15, 0.2) is 24.3 Å². The van der Waals surface area contributed by atoms with Gasteiger partial charge in [0.1, 0.15) is 0 Å². The summed E-state index contributed by atoms with van der Waals surface area (Å²) >= 11 is 0. The normalized spacial score (nSPS) is 22.7. The zero-order valence-electron chi connectivity index (χ0n) is 13.2. The van der Waals surface area contributed by atoms with E-state index in [2.05, 4.69) is 26.0 Å². The second-order valence-corrected chi connectivity index (χ2v) is 6.48. The molecule has 1 aliphatic rings. The molecular weight excluding hydrogens is 264 g/mol. The predicted molar refractivity (Wildman–Crippen MR) is 82.5 cm³/mol. The van der Waals surface area contributed by atoms with Crippen molar-refractivity contribution in [3.63, 3.8) is 0 Å². The standard InChI is InChI=1S/C17H24N2O2/c1-5-11(2)13-8-6-12(7-9-13)10-19-15(20)14(18)17(3,4)16(19)21/h6-9,11,14H,5,10,18H2,1-4H3. The third kappa shape index (κ3) is 2.72. The van der Waals surface area contributed by atoms with Gasteiger partial charge in [0.2, 0.25) is 11.8 Å². The van der Waals surface area contributed by atoms with E-state index in [9.17, 15) is 9.59 Å². The van der Waals surface area contributed by atoms with Gasteiger partial charge in [0.15, 0.2) is 0 Å². The second kappa shape index (κ2) is 5.60. The highest BCUT2D eigenvalue weighted by Crippen LogP contribution is 2.32. The minimum absolute atomic E-state index is 0.189. The Morgan fingerprint density at radius 2 is 1.81 bits per heavy atom. The Morgan fingerprint density at radius 1 is 1.24 bits per heavy atom. The summed E-state index contributed by atoms with van der Waals surface area (Å²) < 4.78 is 0. The molecule has 21 heavy (non-hydrogen) atoms. The minimum Gasteiger partial charge on any atom is -0.319 e. The fraction of sp³-hybridized carbons (Fsp3) is 0.529. The maximum absolute atomic E-state index is 12.3. The lowest BCUT2D eigenvalue weighted by Gasteiger charge is -2.19. The maximum atomic E-state index is 12.3. The van der Waals surface area contributed by atoms with Crippen LogP contribution in [-0.4, -0.2) is 22.8 Å². The Morgan fingerprint density at radius 3 is 2.24 bits per heavy atom. The number of rotatable bonds is 4. The summed E-state index contributed by atoms with van der Waals surface area (Å²) in [6.45, 7) is 8.09. The highest BCUT2D eigenvalue weighted by molar-refractivity contribution is 6.08. The lowest BCUT2D eigenvalue weighted by molar-refractivity contribution is -0.141. The SMILES string of the molecule is CCC(C)c1ccc(CN2C(=O)C(N)C(C)(C)C2=O)cc1. The Balaban J connectivity index is 2.15. The monoisotopic (exact) mass is 288 g/mol. The Labute approximate surface area is 126 Å². The molecule has 0 bridgehead atoms. The van der Waals surface area contributed by atoms with Crippen LogP contribution in [0.4, 0.5) is 0 Å². The number of benzene rings is 1. The molecule has 2 rings (SSSR count). The van der Waals surface area contributed by atoms with Gasteiger partial charge in [-0.05, 0) is 37.3 Å². The molecule has 0 saturated carbocycles. The third-order valence-electron chi connectivity index (χ3n) is 4.61. The summed E-state index contributed by atoms with van der Waals surface area (Å²) in [7, 11) is 0. The van der Waals surface area contributed by atoms with Crippen LogP contribution in [0.3, 0.4) is 0 Å². The van der Waals surface area contributed by atoms with Crippen molar-refractivity contribution >= 4 is 11.8 Å². The average molecular weight is 288 g/mol. The van der Waals surface area contributed by atoms with Crippen LogP contribution in [0.1, 0.15) is 51.2 Å². The Bertz CT molecular complexity index is 548. The molecule has 1 aliphatic heterocycles. The van der Waals surface area contributed by atoms with Gasteiger partial charge in [0.25, 0.3) is 0 Å². The van der Waals surface area contributed by atoms with Gasteiger partial charge >= 0.3 is 0 Å². The van der Waals surface area contributed by atoms with E-state index in [0.29, 0.717) is 12.5 Å². The zero-order valence-corrected chi connectivity index (χ0v) is 13.2. The summed E-state index contributed by atoms with van der Waals surface area (Å²) in [5.74, 6) is 0.0449. The summed E-state index contributed by atoms with van der Waals surface area (Å²) in [4.78, 5) is 25.7. The molecule has 2 N–H and O–H groups in total. The second-order valence-electron chi connectivity index (χ2n) is 6.48. The summed E-state index contributed by atoms with van der Waals surface area (Å²) in [5, 5.41) is 0. The van der Waals surface area contributed by atoms with Gasteiger partial charge in [-0.25, -0.2) is 0 Å². The van der Waals surface area contributed by atoms with Crippen LogP contribution >= 0.6 is 0 Å². The van der Waals surface area contributed by atoms with Crippen molar-refractivity contribution < 1.29 is 9.59 Å². The van der Waals surface area contributed by atoms with Crippen molar-refractivity contribution in [1.29, 1.82) is 0 Å². The molecule has 4 heteroatoms. The van der Waals surface area contributed by atoms with Gasteiger partial charge in [-0.1, -0.05) is 38.1 Å². The fourth-order valence-electron chi connectivity index (χ4n) is 2.58. The number of carbonyl (C=O) groups excluding carboxylic acids is 2. The lowest BCUT2D eigenvalue weighted by atomic mass is 9.87. The molecule has 2 unspecified atom stereocenters. The van der Waals surface area contributed by atoms with Crippen molar-refractivity contribution in [2.45, 2.75) is 52.6 Å². The van der Waals surface area contributed by atoms with E-state index >= 15 is 0 Å². The third-order valence-corrected chi connectivity index (χ3v) is 4.61. The van der Waals surface area contributed by atoms with Crippen molar-refractivity contribution in [3.05, 3.63) is 35.4 Å². The van der Waals surface area contributed by atoms with E-state index in [1.807, 2.05) is 12.1 Å². The first-order valence-corrected chi connectivity index (χ1v) is 7.49. The van der Waals surface area contributed by atoms with Crippen LogP contribution in [0, 0.1) is 5.41 Å². The van der Waals surface area contributed by atoms with Crippen molar-refractivity contribution in [2.75, 3.05) is 0 Å². The van der Waals surface area contributed by atoms with Crippen molar-refractivity contribution in [1.82, 2.24) is 4.90 Å². The highest BCUT2D eigenvalue weighted by Gasteiger charge is 2.51. The molecule has 1 fully saturated rings. The van der Waals surface area contributed by atoms with E-state index in [1.54, 1.807) is 13.8 Å². The highest BCUT2D eigenvalue weighted by atomic mass is 16.2. The molecule has 114 valence electrons. The van der Waals surface area contributed by atoms with Crippen molar-refractivity contribution in [2.24, 2.45) is 11.1 Å². The van der Waals surface area contributed by atoms with Crippen LogP contribution in [0.25, 0.3) is 0 Å². The first kappa shape index (κ1) is 15.7. The largest absolute Gasteiger partial charge is 0.319 e. The molecule has 0 radical (unpaired) electrons. The maximum Gasteiger partial charge on any atom is 0.247 e. The van der Waals surface area contributed by atoms with Crippen LogP contribution < -0.4 is 5.73 Å². The fourth-order valence-corrected chi connectivity index (χ4v) is 2.58. The van der Waals surface area contributed by atoms with E-state index in [4.69, 9.17) is 5.73 Å². The number of nitrogens with two attached hydrogens (primary N) is 1. The molecule has 0 aromatic heterocycles. The molecule has 2 amide bonds. The van der Waals surface area contributed by atoms with Crippen LogP contribution in [-0.2, 0) is 16.1 Å². The molecule has 1 aromatic carbocycles. The van der Waals surface area contributed by atoms with Crippen LogP contribution in [0.2, 0.25) is 0 Å². The average Bonchev–Trinajstić information content (AvgIpc) is 2.62. The number of hydrogen-bond acceptors (Lipinski definition) is 3. The van der Waals surface area contributed by atoms with Gasteiger partial charge in [0, 0.05) is 0 Å². The number of imide groups is 1. The Kier molecular flexibility index (Phi) is 4.19. The minimum atomic E-state index is -0.812. The van der Waals surface area contributed by atoms with Crippen molar-refractivity contribution in [3.8, 4) is 0 Å². The molecule has 0 spiro atoms. The van der Waals surface area contributed by atoms with Gasteiger partial charge in [0.05, 0.1) is 18.0 Å².